The first-order valence-electron chi connectivity index (χ1n) is 6.18. The minimum Gasteiger partial charge on any atom is -0.391 e. The number of hydrogen-bond donors (Lipinski definition) is 2. The second kappa shape index (κ2) is 6.46. The molecule has 0 radical (unpaired) electrons. The van der Waals surface area contributed by atoms with Crippen molar-refractivity contribution >= 4 is 0 Å². The number of nitrogens with one attached hydrogen (secondary N) is 1. The summed E-state index contributed by atoms with van der Waals surface area (Å²) in [7, 11) is 4.14. The maximum Gasteiger partial charge on any atom is 0.0695 e. The highest BCUT2D eigenvalue weighted by Crippen LogP contribution is 2.22. The highest BCUT2D eigenvalue weighted by molar-refractivity contribution is 4.82. The molecule has 0 saturated heterocycles. The summed E-state index contributed by atoms with van der Waals surface area (Å²) in [6.07, 6.45) is 4.49. The highest BCUT2D eigenvalue weighted by atomic mass is 16.3. The van der Waals surface area contributed by atoms with Crippen LogP contribution in [0.4, 0.5) is 0 Å². The maximum absolute atomic E-state index is 9.92. The van der Waals surface area contributed by atoms with E-state index in [2.05, 4.69) is 24.2 Å². The van der Waals surface area contributed by atoms with Crippen molar-refractivity contribution in [2.24, 2.45) is 5.92 Å². The van der Waals surface area contributed by atoms with Crippen LogP contribution in [0.15, 0.2) is 0 Å². The third kappa shape index (κ3) is 4.09. The molecule has 1 rings (SSSR count). The average Bonchev–Trinajstić information content (AvgIpc) is 2.18. The summed E-state index contributed by atoms with van der Waals surface area (Å²) in [5.74, 6) is 0.647. The zero-order valence-corrected chi connectivity index (χ0v) is 10.4. The lowest BCUT2D eigenvalue weighted by Gasteiger charge is -2.36. The second-order valence-electron chi connectivity index (χ2n) is 5.02. The molecule has 0 aromatic rings. The quantitative estimate of drug-likeness (QED) is 0.719. The van der Waals surface area contributed by atoms with Crippen molar-refractivity contribution in [3.8, 4) is 0 Å². The van der Waals surface area contributed by atoms with Crippen LogP contribution in [0, 0.1) is 5.92 Å². The maximum atomic E-state index is 9.92. The molecule has 0 aromatic carbocycles. The zero-order valence-electron chi connectivity index (χ0n) is 10.4. The molecule has 2 N–H and O–H groups in total. The predicted molar refractivity (Wildman–Crippen MR) is 64.0 cm³/mol. The molecule has 1 fully saturated rings. The molecule has 1 aliphatic rings. The minimum absolute atomic E-state index is 0.106. The Morgan fingerprint density at radius 1 is 1.40 bits per heavy atom. The molecular formula is C12H26N2O. The number of likely N-dealkylation sites (N-methyl/N-ethyl adjacent to an activating group) is 1. The van der Waals surface area contributed by atoms with Crippen LogP contribution in [0.2, 0.25) is 0 Å². The van der Waals surface area contributed by atoms with Gasteiger partial charge in [0, 0.05) is 12.6 Å². The van der Waals surface area contributed by atoms with Crippen molar-refractivity contribution in [3.63, 3.8) is 0 Å². The summed E-state index contributed by atoms with van der Waals surface area (Å²) >= 11 is 0. The van der Waals surface area contributed by atoms with Crippen LogP contribution in [0.25, 0.3) is 0 Å². The zero-order chi connectivity index (χ0) is 11.3. The normalized spacial score (nSPS) is 29.4. The molecule has 0 aromatic heterocycles. The predicted octanol–water partition coefficient (Wildman–Crippen LogP) is 1.08. The van der Waals surface area contributed by atoms with Crippen molar-refractivity contribution in [2.75, 3.05) is 27.2 Å². The molecule has 90 valence electrons. The van der Waals surface area contributed by atoms with Crippen LogP contribution >= 0.6 is 0 Å². The lowest BCUT2D eigenvalue weighted by atomic mass is 9.91. The molecule has 1 aliphatic carbocycles. The molecule has 3 nitrogen and oxygen atoms in total. The molecule has 3 atom stereocenters. The van der Waals surface area contributed by atoms with E-state index in [4.69, 9.17) is 0 Å². The molecule has 3 heteroatoms. The van der Waals surface area contributed by atoms with Gasteiger partial charge in [0.25, 0.3) is 0 Å². The first-order chi connectivity index (χ1) is 7.15. The topological polar surface area (TPSA) is 35.5 Å². The number of nitrogens with zero attached hydrogens (tertiary/aromatic N) is 1. The van der Waals surface area contributed by atoms with Crippen molar-refractivity contribution < 1.29 is 5.11 Å². The lowest BCUT2D eigenvalue weighted by Crippen LogP contribution is -2.45. The molecule has 3 unspecified atom stereocenters. The van der Waals surface area contributed by atoms with E-state index in [1.54, 1.807) is 0 Å². The van der Waals surface area contributed by atoms with Gasteiger partial charge in [0.05, 0.1) is 6.10 Å². The highest BCUT2D eigenvalue weighted by Gasteiger charge is 2.26. The third-order valence-electron chi connectivity index (χ3n) is 3.41. The van der Waals surface area contributed by atoms with Gasteiger partial charge < -0.3 is 15.3 Å². The van der Waals surface area contributed by atoms with E-state index in [-0.39, 0.29) is 6.10 Å². The summed E-state index contributed by atoms with van der Waals surface area (Å²) in [5.41, 5.74) is 0. The van der Waals surface area contributed by atoms with Gasteiger partial charge in [-0.05, 0) is 39.4 Å². The minimum atomic E-state index is -0.106. The van der Waals surface area contributed by atoms with Crippen molar-refractivity contribution in [1.29, 1.82) is 0 Å². The molecule has 15 heavy (non-hydrogen) atoms. The fourth-order valence-electron chi connectivity index (χ4n) is 2.65. The molecular weight excluding hydrogens is 188 g/mol. The van der Waals surface area contributed by atoms with E-state index in [0.717, 1.165) is 25.9 Å². The summed E-state index contributed by atoms with van der Waals surface area (Å²) < 4.78 is 0. The third-order valence-corrected chi connectivity index (χ3v) is 3.41. The summed E-state index contributed by atoms with van der Waals surface area (Å²) in [6, 6.07) is 0.387. The van der Waals surface area contributed by atoms with Crippen molar-refractivity contribution in [1.82, 2.24) is 10.2 Å². The fraction of sp³-hybridized carbons (Fsp3) is 1.00. The van der Waals surface area contributed by atoms with Gasteiger partial charge in [-0.1, -0.05) is 19.8 Å². The van der Waals surface area contributed by atoms with Crippen molar-refractivity contribution in [2.45, 2.75) is 44.8 Å². The first-order valence-corrected chi connectivity index (χ1v) is 6.18. The van der Waals surface area contributed by atoms with Gasteiger partial charge in [-0.2, -0.15) is 0 Å². The van der Waals surface area contributed by atoms with E-state index in [1.807, 2.05) is 7.05 Å². The van der Waals surface area contributed by atoms with E-state index in [0.29, 0.717) is 12.0 Å². The van der Waals surface area contributed by atoms with E-state index < -0.39 is 0 Å². The average molecular weight is 214 g/mol. The number of rotatable bonds is 5. The smallest absolute Gasteiger partial charge is 0.0695 e. The Hall–Kier alpha value is -0.120. The summed E-state index contributed by atoms with van der Waals surface area (Å²) in [4.78, 5) is 2.34. The Morgan fingerprint density at radius 3 is 2.67 bits per heavy atom. The van der Waals surface area contributed by atoms with Crippen LogP contribution in [0.1, 0.15) is 32.6 Å². The van der Waals surface area contributed by atoms with Gasteiger partial charge in [-0.15, -0.1) is 0 Å². The largest absolute Gasteiger partial charge is 0.391 e. The molecule has 0 spiro atoms. The molecule has 0 amide bonds. The first kappa shape index (κ1) is 12.9. The second-order valence-corrected chi connectivity index (χ2v) is 5.02. The van der Waals surface area contributed by atoms with Gasteiger partial charge >= 0.3 is 0 Å². The Kier molecular flexibility index (Phi) is 5.58. The molecule has 1 saturated carbocycles. The summed E-state index contributed by atoms with van der Waals surface area (Å²) in [6.45, 7) is 4.37. The SMILES string of the molecule is CNCC(C)CN(C)C1CCCCC1O. The standard InChI is InChI=1S/C12H26N2O/c1-10(8-13-2)9-14(3)11-6-4-5-7-12(11)15/h10-13,15H,4-9H2,1-3H3. The van der Waals surface area contributed by atoms with Crippen molar-refractivity contribution in [3.05, 3.63) is 0 Å². The Morgan fingerprint density at radius 2 is 2.07 bits per heavy atom. The van der Waals surface area contributed by atoms with Crippen LogP contribution in [-0.2, 0) is 0 Å². The van der Waals surface area contributed by atoms with Crippen LogP contribution in [0.3, 0.4) is 0 Å². The summed E-state index contributed by atoms with van der Waals surface area (Å²) in [5, 5.41) is 13.1. The van der Waals surface area contributed by atoms with E-state index >= 15 is 0 Å². The van der Waals surface area contributed by atoms with E-state index in [1.165, 1.54) is 12.8 Å². The molecule has 0 heterocycles. The Labute approximate surface area is 93.9 Å². The number of hydrogen-bond acceptors (Lipinski definition) is 3. The van der Waals surface area contributed by atoms with Gasteiger partial charge in [0.15, 0.2) is 0 Å². The van der Waals surface area contributed by atoms with Gasteiger partial charge in [-0.3, -0.25) is 0 Å². The number of aliphatic hydroxyl groups is 1. The Bertz CT molecular complexity index is 175. The van der Waals surface area contributed by atoms with Crippen LogP contribution in [-0.4, -0.2) is 49.3 Å². The molecule has 0 bridgehead atoms. The number of aliphatic hydroxyl groups excluding tert-OH is 1. The van der Waals surface area contributed by atoms with E-state index in [9.17, 15) is 5.11 Å². The van der Waals surface area contributed by atoms with Crippen LogP contribution < -0.4 is 5.32 Å². The van der Waals surface area contributed by atoms with Gasteiger partial charge in [-0.25, -0.2) is 0 Å². The lowest BCUT2D eigenvalue weighted by molar-refractivity contribution is 0.0268. The fourth-order valence-corrected chi connectivity index (χ4v) is 2.65. The van der Waals surface area contributed by atoms with Gasteiger partial charge in [0.1, 0.15) is 0 Å². The Balaban J connectivity index is 2.34. The van der Waals surface area contributed by atoms with Gasteiger partial charge in [0.2, 0.25) is 0 Å². The molecule has 0 aliphatic heterocycles. The monoisotopic (exact) mass is 214 g/mol. The van der Waals surface area contributed by atoms with Crippen LogP contribution in [0.5, 0.6) is 0 Å².